The topological polar surface area (TPSA) is 42.2 Å². The number of hydrogen-bond donors (Lipinski definition) is 1. The minimum absolute atomic E-state index is 0.321. The van der Waals surface area contributed by atoms with Crippen molar-refractivity contribution in [3.05, 3.63) is 15.6 Å². The minimum atomic E-state index is 0.321. The van der Waals surface area contributed by atoms with Crippen molar-refractivity contribution in [3.63, 3.8) is 0 Å². The molecule has 1 aromatic heterocycles. The fourth-order valence-electron chi connectivity index (χ4n) is 2.23. The molecule has 0 spiro atoms. The molecule has 1 aromatic rings. The van der Waals surface area contributed by atoms with Gasteiger partial charge in [-0.15, -0.1) is 11.3 Å². The van der Waals surface area contributed by atoms with Crippen LogP contribution < -0.4 is 5.73 Å². The molecule has 2 heterocycles. The first kappa shape index (κ1) is 12.0. The second-order valence-corrected chi connectivity index (χ2v) is 6.51. The summed E-state index contributed by atoms with van der Waals surface area (Å²) >= 11 is 1.82. The summed E-state index contributed by atoms with van der Waals surface area (Å²) in [5.74, 6) is 0. The van der Waals surface area contributed by atoms with Crippen molar-refractivity contribution in [1.82, 2.24) is 9.88 Å². The predicted molar refractivity (Wildman–Crippen MR) is 68.6 cm³/mol. The van der Waals surface area contributed by atoms with Crippen LogP contribution >= 0.6 is 11.3 Å². The number of rotatable bonds is 3. The quantitative estimate of drug-likeness (QED) is 0.876. The maximum absolute atomic E-state index is 5.81. The Hall–Kier alpha value is -0.450. The molecule has 0 bridgehead atoms. The van der Waals surface area contributed by atoms with Gasteiger partial charge in [-0.1, -0.05) is 6.92 Å². The number of aryl methyl sites for hydroxylation is 2. The van der Waals surface area contributed by atoms with Crippen LogP contribution in [0.1, 0.15) is 28.9 Å². The summed E-state index contributed by atoms with van der Waals surface area (Å²) in [7, 11) is 0. The van der Waals surface area contributed by atoms with Gasteiger partial charge in [-0.05, 0) is 38.8 Å². The van der Waals surface area contributed by atoms with Crippen molar-refractivity contribution >= 4 is 11.3 Å². The summed E-state index contributed by atoms with van der Waals surface area (Å²) in [6, 6.07) is 0. The Morgan fingerprint density at radius 2 is 2.25 bits per heavy atom. The molecular weight excluding hydrogens is 218 g/mol. The number of thiazole rings is 1. The van der Waals surface area contributed by atoms with Gasteiger partial charge in [0.15, 0.2) is 0 Å². The van der Waals surface area contributed by atoms with Crippen LogP contribution in [-0.2, 0) is 6.54 Å². The van der Waals surface area contributed by atoms with E-state index in [0.717, 1.165) is 26.2 Å². The zero-order chi connectivity index (χ0) is 11.8. The molecule has 1 aliphatic rings. The third-order valence-corrected chi connectivity index (χ3v) is 4.62. The number of hydrogen-bond acceptors (Lipinski definition) is 4. The predicted octanol–water partition coefficient (Wildman–Crippen LogP) is 1.93. The molecule has 2 rings (SSSR count). The highest BCUT2D eigenvalue weighted by Gasteiger charge is 2.32. The van der Waals surface area contributed by atoms with Crippen LogP contribution in [0.3, 0.4) is 0 Å². The Morgan fingerprint density at radius 3 is 2.75 bits per heavy atom. The molecule has 0 radical (unpaired) electrons. The van der Waals surface area contributed by atoms with Gasteiger partial charge in [-0.3, -0.25) is 4.90 Å². The van der Waals surface area contributed by atoms with Gasteiger partial charge in [0.25, 0.3) is 0 Å². The van der Waals surface area contributed by atoms with E-state index >= 15 is 0 Å². The van der Waals surface area contributed by atoms with Gasteiger partial charge in [0.2, 0.25) is 0 Å². The van der Waals surface area contributed by atoms with Crippen LogP contribution in [0.2, 0.25) is 0 Å². The van der Waals surface area contributed by atoms with Crippen molar-refractivity contribution in [2.24, 2.45) is 11.1 Å². The molecule has 0 amide bonds. The fourth-order valence-corrected chi connectivity index (χ4v) is 3.20. The van der Waals surface area contributed by atoms with Crippen LogP contribution in [0.25, 0.3) is 0 Å². The fraction of sp³-hybridized carbons (Fsp3) is 0.750. The van der Waals surface area contributed by atoms with Crippen molar-refractivity contribution in [3.8, 4) is 0 Å². The van der Waals surface area contributed by atoms with Crippen LogP contribution in [0, 0.1) is 19.3 Å². The molecule has 0 saturated carbocycles. The lowest BCUT2D eigenvalue weighted by molar-refractivity contribution is 0.274. The zero-order valence-electron chi connectivity index (χ0n) is 10.4. The van der Waals surface area contributed by atoms with Crippen molar-refractivity contribution < 1.29 is 0 Å². The van der Waals surface area contributed by atoms with Gasteiger partial charge in [0, 0.05) is 11.4 Å². The highest BCUT2D eigenvalue weighted by atomic mass is 32.1. The second-order valence-electron chi connectivity index (χ2n) is 5.22. The highest BCUT2D eigenvalue weighted by Crippen LogP contribution is 2.30. The third kappa shape index (κ3) is 2.44. The monoisotopic (exact) mass is 239 g/mol. The summed E-state index contributed by atoms with van der Waals surface area (Å²) in [6.07, 6.45) is 1.22. The summed E-state index contributed by atoms with van der Waals surface area (Å²) < 4.78 is 0. The van der Waals surface area contributed by atoms with Crippen molar-refractivity contribution in [2.75, 3.05) is 19.6 Å². The van der Waals surface area contributed by atoms with Gasteiger partial charge in [-0.2, -0.15) is 0 Å². The Labute approximate surface area is 102 Å². The van der Waals surface area contributed by atoms with E-state index in [0.29, 0.717) is 5.41 Å². The lowest BCUT2D eigenvalue weighted by Crippen LogP contribution is -2.31. The number of aromatic nitrogens is 1. The molecule has 2 N–H and O–H groups in total. The van der Waals surface area contributed by atoms with Crippen LogP contribution in [0.4, 0.5) is 0 Å². The van der Waals surface area contributed by atoms with Gasteiger partial charge < -0.3 is 5.73 Å². The molecule has 3 nitrogen and oxygen atoms in total. The smallest absolute Gasteiger partial charge is 0.107 e. The third-order valence-electron chi connectivity index (χ3n) is 3.56. The minimum Gasteiger partial charge on any atom is -0.330 e. The van der Waals surface area contributed by atoms with E-state index in [-0.39, 0.29) is 0 Å². The Bertz CT molecular complexity index is 355. The van der Waals surface area contributed by atoms with E-state index in [1.54, 1.807) is 0 Å². The zero-order valence-corrected chi connectivity index (χ0v) is 11.2. The average molecular weight is 239 g/mol. The van der Waals surface area contributed by atoms with E-state index in [1.807, 2.05) is 11.3 Å². The molecule has 16 heavy (non-hydrogen) atoms. The van der Waals surface area contributed by atoms with Crippen LogP contribution in [0.5, 0.6) is 0 Å². The number of nitrogens with two attached hydrogens (primary N) is 1. The molecule has 1 aliphatic heterocycles. The largest absolute Gasteiger partial charge is 0.330 e. The van der Waals surface area contributed by atoms with E-state index in [1.165, 1.54) is 22.0 Å². The van der Waals surface area contributed by atoms with Gasteiger partial charge in [-0.25, -0.2) is 4.98 Å². The molecule has 1 saturated heterocycles. The second kappa shape index (κ2) is 4.43. The Balaban J connectivity index is 1.97. The maximum atomic E-state index is 5.81. The van der Waals surface area contributed by atoms with E-state index in [2.05, 4.69) is 30.7 Å². The average Bonchev–Trinajstić information content (AvgIpc) is 2.74. The molecule has 1 fully saturated rings. The molecule has 1 unspecified atom stereocenters. The highest BCUT2D eigenvalue weighted by molar-refractivity contribution is 7.11. The van der Waals surface area contributed by atoms with Crippen molar-refractivity contribution in [1.29, 1.82) is 0 Å². The first-order valence-corrected chi connectivity index (χ1v) is 6.69. The van der Waals surface area contributed by atoms with Gasteiger partial charge in [0.05, 0.1) is 12.2 Å². The Kier molecular flexibility index (Phi) is 3.33. The molecule has 0 aromatic carbocycles. The van der Waals surface area contributed by atoms with Crippen LogP contribution in [-0.4, -0.2) is 29.5 Å². The standard InChI is InChI=1S/C12H21N3S/c1-9-10(2)16-11(14-9)6-15-5-4-12(3,7-13)8-15/h4-8,13H2,1-3H3. The molecule has 90 valence electrons. The SMILES string of the molecule is Cc1nc(CN2CCC(C)(CN)C2)sc1C. The van der Waals surface area contributed by atoms with E-state index < -0.39 is 0 Å². The van der Waals surface area contributed by atoms with Crippen molar-refractivity contribution in [2.45, 2.75) is 33.7 Å². The molecule has 4 heteroatoms. The first-order valence-electron chi connectivity index (χ1n) is 5.88. The van der Waals surface area contributed by atoms with E-state index in [9.17, 15) is 0 Å². The summed E-state index contributed by atoms with van der Waals surface area (Å²) in [5.41, 5.74) is 7.31. The number of likely N-dealkylation sites (tertiary alicyclic amines) is 1. The molecular formula is C12H21N3S. The number of nitrogens with zero attached hydrogens (tertiary/aromatic N) is 2. The summed E-state index contributed by atoms with van der Waals surface area (Å²) in [6.45, 7) is 10.6. The Morgan fingerprint density at radius 1 is 1.50 bits per heavy atom. The normalized spacial score (nSPS) is 26.5. The lowest BCUT2D eigenvalue weighted by Gasteiger charge is -2.21. The lowest BCUT2D eigenvalue weighted by atomic mass is 9.90. The summed E-state index contributed by atoms with van der Waals surface area (Å²) in [5, 5.41) is 1.25. The van der Waals surface area contributed by atoms with Gasteiger partial charge >= 0.3 is 0 Å². The summed E-state index contributed by atoms with van der Waals surface area (Å²) in [4.78, 5) is 8.41. The van der Waals surface area contributed by atoms with Crippen LogP contribution in [0.15, 0.2) is 0 Å². The molecule has 1 atom stereocenters. The maximum Gasteiger partial charge on any atom is 0.107 e. The first-order chi connectivity index (χ1) is 7.52. The van der Waals surface area contributed by atoms with E-state index in [4.69, 9.17) is 5.73 Å². The van der Waals surface area contributed by atoms with Gasteiger partial charge in [0.1, 0.15) is 5.01 Å². The molecule has 0 aliphatic carbocycles.